The highest BCUT2D eigenvalue weighted by atomic mass is 32.2. The van der Waals surface area contributed by atoms with Crippen molar-refractivity contribution in [1.82, 2.24) is 19.7 Å². The lowest BCUT2D eigenvalue weighted by atomic mass is 10.1. The van der Waals surface area contributed by atoms with Crippen LogP contribution >= 0.6 is 11.8 Å². The summed E-state index contributed by atoms with van der Waals surface area (Å²) in [5, 5.41) is 8.33. The van der Waals surface area contributed by atoms with Gasteiger partial charge >= 0.3 is 6.55 Å². The van der Waals surface area contributed by atoms with Crippen LogP contribution in [0.5, 0.6) is 0 Å². The molecule has 0 radical (unpaired) electrons. The molecule has 132 valence electrons. The van der Waals surface area contributed by atoms with E-state index in [1.54, 1.807) is 24.3 Å². The van der Waals surface area contributed by atoms with Crippen LogP contribution < -0.4 is 0 Å². The van der Waals surface area contributed by atoms with Crippen molar-refractivity contribution in [2.45, 2.75) is 24.4 Å². The number of imidazole rings is 1. The Morgan fingerprint density at radius 3 is 2.77 bits per heavy atom. The Morgan fingerprint density at radius 2 is 1.96 bits per heavy atom. The first-order valence-corrected chi connectivity index (χ1v) is 8.88. The molecule has 8 heteroatoms. The fourth-order valence-electron chi connectivity index (χ4n) is 2.70. The quantitative estimate of drug-likeness (QED) is 0.457. The molecule has 0 aliphatic rings. The van der Waals surface area contributed by atoms with Crippen LogP contribution in [-0.4, -0.2) is 19.7 Å². The zero-order valence-corrected chi connectivity index (χ0v) is 14.6. The van der Waals surface area contributed by atoms with Crippen LogP contribution in [0.4, 0.5) is 8.78 Å². The van der Waals surface area contributed by atoms with Crippen LogP contribution in [0.25, 0.3) is 22.5 Å². The molecule has 26 heavy (non-hydrogen) atoms. The number of aromatic nitrogens is 4. The van der Waals surface area contributed by atoms with E-state index in [1.807, 2.05) is 31.2 Å². The monoisotopic (exact) mass is 372 g/mol. The molecule has 4 rings (SSSR count). The largest absolute Gasteiger partial charge is 0.411 e. The van der Waals surface area contributed by atoms with Crippen LogP contribution in [0.2, 0.25) is 0 Å². The molecule has 2 aromatic heterocycles. The maximum absolute atomic E-state index is 13.4. The van der Waals surface area contributed by atoms with E-state index in [1.165, 1.54) is 11.8 Å². The number of hydrogen-bond donors (Lipinski definition) is 0. The van der Waals surface area contributed by atoms with Gasteiger partial charge in [-0.25, -0.2) is 4.98 Å². The topological polar surface area (TPSA) is 56.7 Å². The lowest BCUT2D eigenvalue weighted by Gasteiger charge is -2.06. The lowest BCUT2D eigenvalue weighted by Crippen LogP contribution is -2.03. The van der Waals surface area contributed by atoms with Crippen molar-refractivity contribution in [3.8, 4) is 11.5 Å². The number of fused-ring (bicyclic) bond motifs is 1. The van der Waals surface area contributed by atoms with Gasteiger partial charge in [0.25, 0.3) is 5.22 Å². The molecule has 0 saturated heterocycles. The van der Waals surface area contributed by atoms with Crippen LogP contribution in [0.3, 0.4) is 0 Å². The van der Waals surface area contributed by atoms with E-state index in [4.69, 9.17) is 4.42 Å². The Labute approximate surface area is 152 Å². The van der Waals surface area contributed by atoms with Crippen LogP contribution in [0, 0.1) is 6.92 Å². The maximum atomic E-state index is 13.4. The number of halogens is 2. The van der Waals surface area contributed by atoms with Crippen LogP contribution in [0.15, 0.2) is 58.2 Å². The molecular formula is C18H14F2N4OS. The molecule has 4 aromatic rings. The fourth-order valence-corrected chi connectivity index (χ4v) is 3.40. The molecular weight excluding hydrogens is 358 g/mol. The van der Waals surface area contributed by atoms with E-state index in [-0.39, 0.29) is 11.6 Å². The van der Waals surface area contributed by atoms with Crippen molar-refractivity contribution in [2.75, 3.05) is 0 Å². The van der Waals surface area contributed by atoms with Gasteiger partial charge in [0, 0.05) is 5.56 Å². The molecule has 0 N–H and O–H groups in total. The Kier molecular flexibility index (Phi) is 4.42. The Balaban J connectivity index is 1.57. The average Bonchev–Trinajstić information content (AvgIpc) is 3.24. The highest BCUT2D eigenvalue weighted by Crippen LogP contribution is 2.29. The molecule has 0 amide bonds. The lowest BCUT2D eigenvalue weighted by molar-refractivity contribution is 0.0722. The van der Waals surface area contributed by atoms with Crippen molar-refractivity contribution in [3.05, 3.63) is 59.9 Å². The Hall–Kier alpha value is -2.74. The summed E-state index contributed by atoms with van der Waals surface area (Å²) < 4.78 is 33.5. The van der Waals surface area contributed by atoms with Gasteiger partial charge in [0.2, 0.25) is 5.89 Å². The third-order valence-electron chi connectivity index (χ3n) is 3.86. The van der Waals surface area contributed by atoms with E-state index >= 15 is 0 Å². The standard InChI is InChI=1S/C18H14F2N4OS/c1-11-5-4-6-12(9-11)16-22-23-18(25-16)26-10-15-21-13-7-2-3-8-14(13)24(15)17(19)20/h2-9,17H,10H2,1H3. The Bertz CT molecular complexity index is 1060. The minimum atomic E-state index is -2.66. The molecule has 5 nitrogen and oxygen atoms in total. The molecule has 0 unspecified atom stereocenters. The zero-order valence-electron chi connectivity index (χ0n) is 13.8. The first-order valence-electron chi connectivity index (χ1n) is 7.89. The minimum absolute atomic E-state index is 0.203. The smallest absolute Gasteiger partial charge is 0.320 e. The third-order valence-corrected chi connectivity index (χ3v) is 4.67. The van der Waals surface area contributed by atoms with Gasteiger partial charge in [-0.15, -0.1) is 10.2 Å². The number of hydrogen-bond acceptors (Lipinski definition) is 5. The first-order chi connectivity index (χ1) is 12.6. The van der Waals surface area contributed by atoms with Crippen LogP contribution in [0.1, 0.15) is 17.9 Å². The number of nitrogens with zero attached hydrogens (tertiary/aromatic N) is 4. The number of alkyl halides is 2. The predicted molar refractivity (Wildman–Crippen MR) is 95.0 cm³/mol. The molecule has 0 atom stereocenters. The fraction of sp³-hybridized carbons (Fsp3) is 0.167. The van der Waals surface area contributed by atoms with E-state index in [2.05, 4.69) is 15.2 Å². The average molecular weight is 372 g/mol. The van der Waals surface area contributed by atoms with E-state index in [0.29, 0.717) is 22.1 Å². The van der Waals surface area contributed by atoms with Gasteiger partial charge in [-0.1, -0.05) is 41.6 Å². The molecule has 2 aromatic carbocycles. The summed E-state index contributed by atoms with van der Waals surface area (Å²) in [5.74, 6) is 0.870. The normalized spacial score (nSPS) is 11.5. The van der Waals surface area contributed by atoms with E-state index in [9.17, 15) is 8.78 Å². The third kappa shape index (κ3) is 3.20. The van der Waals surface area contributed by atoms with Gasteiger partial charge in [0.05, 0.1) is 16.8 Å². The van der Waals surface area contributed by atoms with Crippen LogP contribution in [-0.2, 0) is 5.75 Å². The number of rotatable bonds is 5. The maximum Gasteiger partial charge on any atom is 0.320 e. The van der Waals surface area contributed by atoms with Crippen molar-refractivity contribution in [3.63, 3.8) is 0 Å². The second-order valence-corrected chi connectivity index (χ2v) is 6.62. The summed E-state index contributed by atoms with van der Waals surface area (Å²) in [7, 11) is 0. The van der Waals surface area contributed by atoms with Crippen molar-refractivity contribution < 1.29 is 13.2 Å². The number of thioether (sulfide) groups is 1. The first kappa shape index (κ1) is 16.7. The van der Waals surface area contributed by atoms with E-state index in [0.717, 1.165) is 15.7 Å². The molecule has 0 aliphatic heterocycles. The summed E-state index contributed by atoms with van der Waals surface area (Å²) in [6, 6.07) is 14.5. The summed E-state index contributed by atoms with van der Waals surface area (Å²) in [6.07, 6.45) is 0. The second-order valence-electron chi connectivity index (χ2n) is 5.70. The second kappa shape index (κ2) is 6.87. The van der Waals surface area contributed by atoms with Gasteiger partial charge in [-0.2, -0.15) is 8.78 Å². The summed E-state index contributed by atoms with van der Waals surface area (Å²) in [6.45, 7) is -0.687. The van der Waals surface area contributed by atoms with Gasteiger partial charge in [-0.3, -0.25) is 4.57 Å². The molecule has 0 aliphatic carbocycles. The van der Waals surface area contributed by atoms with Gasteiger partial charge < -0.3 is 4.42 Å². The van der Waals surface area contributed by atoms with Gasteiger partial charge in [0.15, 0.2) is 0 Å². The highest BCUT2D eigenvalue weighted by Gasteiger charge is 2.18. The predicted octanol–water partition coefficient (Wildman–Crippen LogP) is 5.08. The molecule has 0 saturated carbocycles. The highest BCUT2D eigenvalue weighted by molar-refractivity contribution is 7.98. The van der Waals surface area contributed by atoms with Crippen molar-refractivity contribution >= 4 is 22.8 Å². The van der Waals surface area contributed by atoms with Gasteiger partial charge in [0.1, 0.15) is 5.82 Å². The van der Waals surface area contributed by atoms with Gasteiger partial charge in [-0.05, 0) is 31.2 Å². The SMILES string of the molecule is Cc1cccc(-c2nnc(SCc3nc4ccccc4n3C(F)F)o2)c1. The molecule has 2 heterocycles. The summed E-state index contributed by atoms with van der Waals surface area (Å²) in [5.41, 5.74) is 2.85. The molecule has 0 bridgehead atoms. The van der Waals surface area contributed by atoms with E-state index < -0.39 is 6.55 Å². The Morgan fingerprint density at radius 1 is 1.12 bits per heavy atom. The minimum Gasteiger partial charge on any atom is -0.411 e. The van der Waals surface area contributed by atoms with Crippen molar-refractivity contribution in [2.24, 2.45) is 0 Å². The number of benzene rings is 2. The molecule has 0 fully saturated rings. The number of aryl methyl sites for hydroxylation is 1. The zero-order chi connectivity index (χ0) is 18.1. The number of para-hydroxylation sites is 2. The van der Waals surface area contributed by atoms with Crippen molar-refractivity contribution in [1.29, 1.82) is 0 Å². The summed E-state index contributed by atoms with van der Waals surface area (Å²) in [4.78, 5) is 4.30. The molecule has 0 spiro atoms. The summed E-state index contributed by atoms with van der Waals surface area (Å²) >= 11 is 1.18.